The molecule has 1 aromatic heterocycles. The van der Waals surface area contributed by atoms with Crippen molar-refractivity contribution >= 4 is 35.5 Å². The van der Waals surface area contributed by atoms with Crippen molar-refractivity contribution in [1.82, 2.24) is 15.2 Å². The van der Waals surface area contributed by atoms with Gasteiger partial charge in [0, 0.05) is 18.8 Å². The summed E-state index contributed by atoms with van der Waals surface area (Å²) in [6.45, 7) is 1.25. The first-order valence-corrected chi connectivity index (χ1v) is 10.7. The predicted octanol–water partition coefficient (Wildman–Crippen LogP) is 1.68. The van der Waals surface area contributed by atoms with Gasteiger partial charge in [-0.25, -0.2) is 4.79 Å². The molecule has 0 aliphatic rings. The highest BCUT2D eigenvalue weighted by molar-refractivity contribution is 7.98. The number of imide groups is 1. The molecule has 2 rings (SSSR count). The van der Waals surface area contributed by atoms with E-state index in [1.165, 1.54) is 11.8 Å². The van der Waals surface area contributed by atoms with E-state index in [2.05, 4.69) is 10.6 Å². The molecule has 0 saturated carbocycles. The lowest BCUT2D eigenvalue weighted by Crippen LogP contribution is -2.43. The van der Waals surface area contributed by atoms with Crippen molar-refractivity contribution in [2.75, 3.05) is 18.6 Å². The molecule has 1 heterocycles. The number of aryl methyl sites for hydroxylation is 2. The monoisotopic (exact) mass is 431 g/mol. The predicted molar refractivity (Wildman–Crippen MR) is 114 cm³/mol. The zero-order valence-electron chi connectivity index (χ0n) is 17.1. The van der Waals surface area contributed by atoms with Crippen LogP contribution in [-0.4, -0.2) is 52.9 Å². The van der Waals surface area contributed by atoms with Crippen LogP contribution in [0.3, 0.4) is 0 Å². The van der Waals surface area contributed by atoms with E-state index >= 15 is 0 Å². The summed E-state index contributed by atoms with van der Waals surface area (Å²) in [6.07, 6.45) is 3.90. The fourth-order valence-electron chi connectivity index (χ4n) is 2.67. The second kappa shape index (κ2) is 11.2. The molecule has 0 bridgehead atoms. The number of nitrogens with one attached hydrogen (secondary N) is 2. The Bertz CT molecular complexity index is 925. The fourth-order valence-corrected chi connectivity index (χ4v) is 3.14. The molecule has 1 atom stereocenters. The topological polar surface area (TPSA) is 106 Å². The molecule has 30 heavy (non-hydrogen) atoms. The molecule has 8 nitrogen and oxygen atoms in total. The quantitative estimate of drug-likeness (QED) is 0.585. The van der Waals surface area contributed by atoms with E-state index in [4.69, 9.17) is 4.74 Å². The molecule has 0 fully saturated rings. The van der Waals surface area contributed by atoms with Crippen molar-refractivity contribution in [2.24, 2.45) is 7.05 Å². The van der Waals surface area contributed by atoms with Crippen LogP contribution in [0.2, 0.25) is 0 Å². The van der Waals surface area contributed by atoms with Gasteiger partial charge in [0.2, 0.25) is 0 Å². The number of carbonyl (C=O) groups is 4. The zero-order valence-corrected chi connectivity index (χ0v) is 18.0. The highest BCUT2D eigenvalue weighted by atomic mass is 32.2. The molecule has 0 saturated heterocycles. The molecule has 2 aromatic rings. The SMILES string of the molecule is CSCC[C@H](NC(=O)c1cccc(C)c1)C(=O)OCC(=O)NC(=O)c1cccn1C. The number of benzene rings is 1. The van der Waals surface area contributed by atoms with Crippen LogP contribution < -0.4 is 10.6 Å². The smallest absolute Gasteiger partial charge is 0.329 e. The minimum atomic E-state index is -0.901. The summed E-state index contributed by atoms with van der Waals surface area (Å²) in [5.41, 5.74) is 1.66. The fraction of sp³-hybridized carbons (Fsp3) is 0.333. The van der Waals surface area contributed by atoms with Crippen LogP contribution in [0.5, 0.6) is 0 Å². The third kappa shape index (κ3) is 6.77. The van der Waals surface area contributed by atoms with Gasteiger partial charge >= 0.3 is 5.97 Å². The van der Waals surface area contributed by atoms with Gasteiger partial charge in [-0.1, -0.05) is 17.7 Å². The summed E-state index contributed by atoms with van der Waals surface area (Å²) < 4.78 is 6.60. The van der Waals surface area contributed by atoms with E-state index in [0.29, 0.717) is 23.4 Å². The second-order valence-corrected chi connectivity index (χ2v) is 7.65. The first-order valence-electron chi connectivity index (χ1n) is 9.30. The number of nitrogens with zero attached hydrogens (tertiary/aromatic N) is 1. The third-order valence-electron chi connectivity index (χ3n) is 4.26. The molecule has 0 radical (unpaired) electrons. The van der Waals surface area contributed by atoms with E-state index in [-0.39, 0.29) is 0 Å². The van der Waals surface area contributed by atoms with Crippen molar-refractivity contribution in [2.45, 2.75) is 19.4 Å². The molecular formula is C21H25N3O5S. The number of aromatic nitrogens is 1. The summed E-state index contributed by atoms with van der Waals surface area (Å²) in [5, 5.41) is 4.83. The van der Waals surface area contributed by atoms with Crippen LogP contribution in [0.25, 0.3) is 0 Å². The molecule has 0 aliphatic carbocycles. The van der Waals surface area contributed by atoms with Crippen molar-refractivity contribution < 1.29 is 23.9 Å². The standard InChI is InChI=1S/C21H25N3O5S/c1-14-6-4-7-15(12-14)19(26)22-16(9-11-30-3)21(28)29-13-18(25)23-20(27)17-8-5-10-24(17)2/h4-8,10,12,16H,9,11,13H2,1-3H3,(H,22,26)(H,23,25,27)/t16-/m0/s1. The largest absolute Gasteiger partial charge is 0.454 e. The van der Waals surface area contributed by atoms with Crippen LogP contribution in [0, 0.1) is 6.92 Å². The first kappa shape index (κ1) is 23.2. The number of hydrogen-bond donors (Lipinski definition) is 2. The van der Waals surface area contributed by atoms with Gasteiger partial charge in [-0.15, -0.1) is 0 Å². The summed E-state index contributed by atoms with van der Waals surface area (Å²) in [4.78, 5) is 48.9. The number of hydrogen-bond acceptors (Lipinski definition) is 6. The number of rotatable bonds is 9. The Morgan fingerprint density at radius 2 is 1.90 bits per heavy atom. The van der Waals surface area contributed by atoms with E-state index in [1.54, 1.807) is 48.1 Å². The van der Waals surface area contributed by atoms with E-state index in [1.807, 2.05) is 19.2 Å². The lowest BCUT2D eigenvalue weighted by atomic mass is 10.1. The number of thioether (sulfide) groups is 1. The maximum Gasteiger partial charge on any atom is 0.329 e. The first-order chi connectivity index (χ1) is 14.3. The van der Waals surface area contributed by atoms with Crippen LogP contribution in [0.1, 0.15) is 32.8 Å². The molecule has 2 N–H and O–H groups in total. The summed E-state index contributed by atoms with van der Waals surface area (Å²) >= 11 is 1.52. The summed E-state index contributed by atoms with van der Waals surface area (Å²) in [7, 11) is 1.67. The minimum Gasteiger partial charge on any atom is -0.454 e. The molecule has 0 spiro atoms. The Morgan fingerprint density at radius 1 is 1.13 bits per heavy atom. The van der Waals surface area contributed by atoms with Crippen molar-refractivity contribution in [3.05, 3.63) is 59.4 Å². The molecule has 1 aromatic carbocycles. The van der Waals surface area contributed by atoms with Gasteiger partial charge < -0.3 is 14.6 Å². The third-order valence-corrected chi connectivity index (χ3v) is 4.90. The van der Waals surface area contributed by atoms with Gasteiger partial charge in [0.1, 0.15) is 11.7 Å². The van der Waals surface area contributed by atoms with Crippen LogP contribution in [0.15, 0.2) is 42.6 Å². The Labute approximate surface area is 179 Å². The van der Waals surface area contributed by atoms with E-state index < -0.39 is 36.3 Å². The molecule has 3 amide bonds. The van der Waals surface area contributed by atoms with Gasteiger partial charge in [-0.2, -0.15) is 11.8 Å². The maximum absolute atomic E-state index is 12.5. The highest BCUT2D eigenvalue weighted by Crippen LogP contribution is 2.08. The average molecular weight is 432 g/mol. The normalized spacial score (nSPS) is 11.4. The van der Waals surface area contributed by atoms with Gasteiger partial charge in [0.25, 0.3) is 17.7 Å². The lowest BCUT2D eigenvalue weighted by molar-refractivity contribution is -0.150. The molecular weight excluding hydrogens is 406 g/mol. The molecule has 0 aliphatic heterocycles. The average Bonchev–Trinajstić information content (AvgIpc) is 3.15. The number of amides is 3. The maximum atomic E-state index is 12.5. The lowest BCUT2D eigenvalue weighted by Gasteiger charge is -2.17. The van der Waals surface area contributed by atoms with Crippen molar-refractivity contribution in [3.63, 3.8) is 0 Å². The second-order valence-electron chi connectivity index (χ2n) is 6.67. The van der Waals surface area contributed by atoms with Gasteiger partial charge in [-0.3, -0.25) is 19.7 Å². The van der Waals surface area contributed by atoms with Gasteiger partial charge in [0.15, 0.2) is 6.61 Å². The van der Waals surface area contributed by atoms with Crippen LogP contribution in [0.4, 0.5) is 0 Å². The Balaban J connectivity index is 1.92. The summed E-state index contributed by atoms with van der Waals surface area (Å²) in [6, 6.07) is 9.33. The van der Waals surface area contributed by atoms with Crippen molar-refractivity contribution in [3.8, 4) is 0 Å². The van der Waals surface area contributed by atoms with Crippen molar-refractivity contribution in [1.29, 1.82) is 0 Å². The Hall–Kier alpha value is -3.07. The molecule has 0 unspecified atom stereocenters. The van der Waals surface area contributed by atoms with Crippen LogP contribution >= 0.6 is 11.8 Å². The van der Waals surface area contributed by atoms with E-state index in [0.717, 1.165) is 5.56 Å². The molecule has 9 heteroatoms. The summed E-state index contributed by atoms with van der Waals surface area (Å²) in [5.74, 6) is -1.85. The minimum absolute atomic E-state index is 0.304. The molecule has 160 valence electrons. The van der Waals surface area contributed by atoms with E-state index in [9.17, 15) is 19.2 Å². The highest BCUT2D eigenvalue weighted by Gasteiger charge is 2.24. The van der Waals surface area contributed by atoms with Crippen LogP contribution in [-0.2, 0) is 21.4 Å². The van der Waals surface area contributed by atoms with Gasteiger partial charge in [-0.05, 0) is 49.6 Å². The zero-order chi connectivity index (χ0) is 22.1. The number of carbonyl (C=O) groups excluding carboxylic acids is 4. The number of esters is 1. The number of ether oxygens (including phenoxy) is 1. The Kier molecular flexibility index (Phi) is 8.67. The van der Waals surface area contributed by atoms with Gasteiger partial charge in [0.05, 0.1) is 0 Å². The Morgan fingerprint density at radius 3 is 2.53 bits per heavy atom.